The summed E-state index contributed by atoms with van der Waals surface area (Å²) < 4.78 is 0. The van der Waals surface area contributed by atoms with Gasteiger partial charge in [0.05, 0.1) is 29.2 Å². The fourth-order valence-corrected chi connectivity index (χ4v) is 2.95. The van der Waals surface area contributed by atoms with Gasteiger partial charge in [-0.25, -0.2) is 0 Å². The highest BCUT2D eigenvalue weighted by molar-refractivity contribution is 7.80. The molecule has 22 heavy (non-hydrogen) atoms. The Bertz CT molecular complexity index is 610. The van der Waals surface area contributed by atoms with E-state index in [0.717, 1.165) is 5.56 Å². The molecule has 0 radical (unpaired) electrons. The zero-order valence-electron chi connectivity index (χ0n) is 12.0. The first-order valence-electron chi connectivity index (χ1n) is 6.72. The lowest BCUT2D eigenvalue weighted by Gasteiger charge is -2.37. The summed E-state index contributed by atoms with van der Waals surface area (Å²) in [6, 6.07) is 11.5. The number of nitrogens with zero attached hydrogens (tertiary/aromatic N) is 2. The monoisotopic (exact) mass is 336 g/mol. The Labute approximate surface area is 140 Å². The standard InChI is InChI=1S/C13H11ClN4S.C2H6O/c14-10-4-2-1-3-7(10)11-8(5-15)12(17)18-13(19)9(11)6-16;1-2-3/h1-4,8-9,11-12H,17H2,(H,18,19);3H,2H2,1H3. The summed E-state index contributed by atoms with van der Waals surface area (Å²) in [5.41, 5.74) is 6.64. The van der Waals surface area contributed by atoms with Crippen molar-refractivity contribution in [2.75, 3.05) is 6.61 Å². The molecule has 2 rings (SSSR count). The lowest BCUT2D eigenvalue weighted by molar-refractivity contribution is 0.318. The molecular formula is C15H17ClN4OS. The number of halogens is 1. The molecule has 5 nitrogen and oxygen atoms in total. The van der Waals surface area contributed by atoms with Crippen LogP contribution in [0.3, 0.4) is 0 Å². The summed E-state index contributed by atoms with van der Waals surface area (Å²) >= 11 is 11.3. The third kappa shape index (κ3) is 3.94. The predicted octanol–water partition coefficient (Wildman–Crippen LogP) is 1.92. The summed E-state index contributed by atoms with van der Waals surface area (Å²) in [5, 5.41) is 29.5. The van der Waals surface area contributed by atoms with Crippen molar-refractivity contribution in [1.29, 1.82) is 10.5 Å². The minimum atomic E-state index is -0.598. The van der Waals surface area contributed by atoms with E-state index in [4.69, 9.17) is 34.7 Å². The molecule has 4 N–H and O–H groups in total. The molecule has 0 bridgehead atoms. The Kier molecular flexibility index (Phi) is 7.23. The number of hydrogen-bond acceptors (Lipinski definition) is 5. The van der Waals surface area contributed by atoms with Gasteiger partial charge in [-0.15, -0.1) is 0 Å². The molecule has 1 saturated heterocycles. The molecule has 4 unspecified atom stereocenters. The maximum atomic E-state index is 9.32. The van der Waals surface area contributed by atoms with Crippen LogP contribution in [-0.4, -0.2) is 22.9 Å². The number of nitriles is 2. The van der Waals surface area contributed by atoms with Crippen LogP contribution in [0.25, 0.3) is 0 Å². The molecule has 7 heteroatoms. The molecule has 1 aliphatic heterocycles. The zero-order valence-corrected chi connectivity index (χ0v) is 13.6. The number of rotatable bonds is 1. The van der Waals surface area contributed by atoms with Crippen molar-refractivity contribution in [1.82, 2.24) is 5.32 Å². The van der Waals surface area contributed by atoms with Gasteiger partial charge in [0.1, 0.15) is 5.92 Å². The minimum absolute atomic E-state index is 0.250. The van der Waals surface area contributed by atoms with E-state index in [9.17, 15) is 10.5 Å². The number of hydrogen-bond donors (Lipinski definition) is 3. The molecule has 0 aromatic heterocycles. The third-order valence-electron chi connectivity index (χ3n) is 3.28. The Balaban J connectivity index is 0.000000745. The van der Waals surface area contributed by atoms with Crippen molar-refractivity contribution in [3.8, 4) is 12.1 Å². The molecule has 0 saturated carbocycles. The van der Waals surface area contributed by atoms with E-state index < -0.39 is 23.9 Å². The normalized spacial score (nSPS) is 26.7. The zero-order chi connectivity index (χ0) is 16.7. The van der Waals surface area contributed by atoms with Crippen molar-refractivity contribution >= 4 is 28.8 Å². The first kappa shape index (κ1) is 18.3. The van der Waals surface area contributed by atoms with Crippen molar-refractivity contribution in [2.24, 2.45) is 17.6 Å². The average molecular weight is 337 g/mol. The first-order valence-corrected chi connectivity index (χ1v) is 7.50. The molecule has 0 spiro atoms. The fraction of sp³-hybridized carbons (Fsp3) is 0.400. The molecule has 1 aromatic carbocycles. The maximum Gasteiger partial charge on any atom is 0.105 e. The molecule has 116 valence electrons. The van der Waals surface area contributed by atoms with Gasteiger partial charge in [0, 0.05) is 17.5 Å². The number of nitrogens with two attached hydrogens (primary N) is 1. The third-order valence-corrected chi connectivity index (χ3v) is 3.99. The van der Waals surface area contributed by atoms with Gasteiger partial charge >= 0.3 is 0 Å². The summed E-state index contributed by atoms with van der Waals surface area (Å²) in [5.74, 6) is -1.57. The molecule has 0 amide bonds. The van der Waals surface area contributed by atoms with E-state index in [1.165, 1.54) is 0 Å². The number of aliphatic hydroxyl groups is 1. The Morgan fingerprint density at radius 2 is 1.95 bits per heavy atom. The van der Waals surface area contributed by atoms with Crippen LogP contribution in [0.4, 0.5) is 0 Å². The van der Waals surface area contributed by atoms with Gasteiger partial charge in [-0.2, -0.15) is 10.5 Å². The van der Waals surface area contributed by atoms with Crippen LogP contribution >= 0.6 is 23.8 Å². The second-order valence-electron chi connectivity index (χ2n) is 4.66. The van der Waals surface area contributed by atoms with Crippen molar-refractivity contribution < 1.29 is 5.11 Å². The first-order chi connectivity index (χ1) is 10.5. The van der Waals surface area contributed by atoms with Crippen molar-refractivity contribution in [3.63, 3.8) is 0 Å². The van der Waals surface area contributed by atoms with Gasteiger partial charge in [0.25, 0.3) is 0 Å². The Morgan fingerprint density at radius 3 is 2.45 bits per heavy atom. The van der Waals surface area contributed by atoms with Gasteiger partial charge in [0.2, 0.25) is 0 Å². The molecule has 1 fully saturated rings. The summed E-state index contributed by atoms with van der Waals surface area (Å²) in [6.07, 6.45) is -0.594. The molecule has 1 aromatic rings. The lowest BCUT2D eigenvalue weighted by atomic mass is 9.74. The van der Waals surface area contributed by atoms with Crippen LogP contribution in [-0.2, 0) is 0 Å². The van der Waals surface area contributed by atoms with Crippen molar-refractivity contribution in [3.05, 3.63) is 34.9 Å². The maximum absolute atomic E-state index is 9.32. The van der Waals surface area contributed by atoms with Crippen LogP contribution in [0, 0.1) is 34.5 Å². The minimum Gasteiger partial charge on any atom is -0.397 e. The summed E-state index contributed by atoms with van der Waals surface area (Å²) in [6.45, 7) is 1.93. The average Bonchev–Trinajstić information content (AvgIpc) is 2.48. The topological polar surface area (TPSA) is 106 Å². The largest absolute Gasteiger partial charge is 0.397 e. The number of thiocarbonyl (C=S) groups is 1. The molecule has 4 atom stereocenters. The van der Waals surface area contributed by atoms with E-state index in [1.807, 2.05) is 12.1 Å². The highest BCUT2D eigenvalue weighted by Gasteiger charge is 2.42. The molecule has 1 heterocycles. The van der Waals surface area contributed by atoms with Crippen LogP contribution < -0.4 is 11.1 Å². The lowest BCUT2D eigenvalue weighted by Crippen LogP contribution is -2.56. The SMILES string of the molecule is CCO.N#CC1C(=S)NC(N)C(C#N)C1c1ccccc1Cl. The second-order valence-corrected chi connectivity index (χ2v) is 5.51. The van der Waals surface area contributed by atoms with E-state index in [2.05, 4.69) is 17.5 Å². The fourth-order valence-electron chi connectivity index (χ4n) is 2.36. The number of nitrogens with one attached hydrogen (secondary N) is 1. The highest BCUT2D eigenvalue weighted by Crippen LogP contribution is 2.39. The molecule has 0 aliphatic carbocycles. The molecule has 1 aliphatic rings. The van der Waals surface area contributed by atoms with Gasteiger partial charge in [-0.1, -0.05) is 42.0 Å². The van der Waals surface area contributed by atoms with E-state index in [-0.39, 0.29) is 6.61 Å². The summed E-state index contributed by atoms with van der Waals surface area (Å²) in [7, 11) is 0. The van der Waals surface area contributed by atoms with Gasteiger partial charge in [0.15, 0.2) is 0 Å². The van der Waals surface area contributed by atoms with Crippen LogP contribution in [0.2, 0.25) is 5.02 Å². The van der Waals surface area contributed by atoms with Crippen molar-refractivity contribution in [2.45, 2.75) is 19.0 Å². The van der Waals surface area contributed by atoms with Crippen LogP contribution in [0.15, 0.2) is 24.3 Å². The number of aliphatic hydroxyl groups excluding tert-OH is 1. The van der Waals surface area contributed by atoms with Gasteiger partial charge in [-0.05, 0) is 18.6 Å². The Hall–Kier alpha value is -1.70. The quantitative estimate of drug-likeness (QED) is 0.676. The van der Waals surface area contributed by atoms with E-state index in [0.29, 0.717) is 10.0 Å². The van der Waals surface area contributed by atoms with Gasteiger partial charge < -0.3 is 16.2 Å². The Morgan fingerprint density at radius 1 is 1.36 bits per heavy atom. The smallest absolute Gasteiger partial charge is 0.105 e. The summed E-state index contributed by atoms with van der Waals surface area (Å²) in [4.78, 5) is 0.367. The van der Waals surface area contributed by atoms with E-state index >= 15 is 0 Å². The molecular weight excluding hydrogens is 320 g/mol. The van der Waals surface area contributed by atoms with E-state index in [1.54, 1.807) is 19.1 Å². The highest BCUT2D eigenvalue weighted by atomic mass is 35.5. The second kappa shape index (κ2) is 8.67. The predicted molar refractivity (Wildman–Crippen MR) is 88.9 cm³/mol. The van der Waals surface area contributed by atoms with Crippen LogP contribution in [0.5, 0.6) is 0 Å². The van der Waals surface area contributed by atoms with Crippen LogP contribution in [0.1, 0.15) is 18.4 Å². The number of benzene rings is 1. The number of piperidine rings is 1. The van der Waals surface area contributed by atoms with Gasteiger partial charge in [-0.3, -0.25) is 0 Å².